The second-order valence-electron chi connectivity index (χ2n) is 4.42. The lowest BCUT2D eigenvalue weighted by atomic mass is 9.98. The van der Waals surface area contributed by atoms with Crippen molar-refractivity contribution in [3.05, 3.63) is 68.1 Å². The molecule has 2 rings (SSSR count). The van der Waals surface area contributed by atoms with Crippen LogP contribution in [0.2, 0.25) is 0 Å². The van der Waals surface area contributed by atoms with E-state index >= 15 is 0 Å². The lowest BCUT2D eigenvalue weighted by molar-refractivity contribution is 0.486. The molecule has 0 heterocycles. The third-order valence-electron chi connectivity index (χ3n) is 3.14. The Kier molecular flexibility index (Phi) is 5.29. The number of nitrogens with one attached hydrogen (secondary N) is 1. The fraction of sp³-hybridized carbons (Fsp3) is 0.200. The Morgan fingerprint density at radius 3 is 2.60 bits per heavy atom. The summed E-state index contributed by atoms with van der Waals surface area (Å²) in [5, 5.41) is 3.14. The van der Waals surface area contributed by atoms with Gasteiger partial charge in [0.1, 0.15) is 0 Å². The molecule has 2 aromatic rings. The Hall–Kier alpha value is -0.780. The first-order valence-corrected chi connectivity index (χ1v) is 7.66. The van der Waals surface area contributed by atoms with Gasteiger partial charge in [0.15, 0.2) is 11.6 Å². The Balaban J connectivity index is 2.34. The first-order valence-electron chi connectivity index (χ1n) is 6.08. The van der Waals surface area contributed by atoms with Crippen molar-refractivity contribution in [1.82, 2.24) is 5.32 Å². The van der Waals surface area contributed by atoms with Crippen LogP contribution in [0.4, 0.5) is 8.78 Å². The number of hydrogen-bond donors (Lipinski definition) is 1. The minimum absolute atomic E-state index is 0.113. The molecule has 106 valence electrons. The van der Waals surface area contributed by atoms with Gasteiger partial charge < -0.3 is 5.32 Å². The van der Waals surface area contributed by atoms with Crippen LogP contribution in [-0.4, -0.2) is 7.05 Å². The highest BCUT2D eigenvalue weighted by Gasteiger charge is 2.17. The lowest BCUT2D eigenvalue weighted by Gasteiger charge is -2.19. The largest absolute Gasteiger partial charge is 0.313 e. The predicted octanol–water partition coefficient (Wildman–Crippen LogP) is 4.99. The normalized spacial score (nSPS) is 12.4. The topological polar surface area (TPSA) is 12.0 Å². The Bertz CT molecular complexity index is 617. The van der Waals surface area contributed by atoms with Crippen molar-refractivity contribution < 1.29 is 8.78 Å². The van der Waals surface area contributed by atoms with Gasteiger partial charge in [-0.05, 0) is 48.9 Å². The number of hydrogen-bond acceptors (Lipinski definition) is 1. The highest BCUT2D eigenvalue weighted by atomic mass is 79.9. The maximum Gasteiger partial charge on any atom is 0.162 e. The summed E-state index contributed by atoms with van der Waals surface area (Å²) in [5.41, 5.74) is 1.35. The Labute approximate surface area is 133 Å². The molecule has 0 spiro atoms. The maximum atomic E-state index is 13.8. The molecule has 2 aromatic carbocycles. The highest BCUT2D eigenvalue weighted by Crippen LogP contribution is 2.29. The van der Waals surface area contributed by atoms with Gasteiger partial charge in [0, 0.05) is 15.0 Å². The van der Waals surface area contributed by atoms with Gasteiger partial charge in [-0.25, -0.2) is 8.78 Å². The summed E-state index contributed by atoms with van der Waals surface area (Å²) in [4.78, 5) is 0. The van der Waals surface area contributed by atoms with Crippen LogP contribution in [0.3, 0.4) is 0 Å². The van der Waals surface area contributed by atoms with Crippen molar-refractivity contribution in [1.29, 1.82) is 0 Å². The third kappa shape index (κ3) is 3.45. The van der Waals surface area contributed by atoms with Crippen LogP contribution >= 0.6 is 31.9 Å². The van der Waals surface area contributed by atoms with Crippen LogP contribution in [0.15, 0.2) is 45.3 Å². The highest BCUT2D eigenvalue weighted by molar-refractivity contribution is 9.11. The molecule has 0 aliphatic rings. The Morgan fingerprint density at radius 1 is 1.15 bits per heavy atom. The summed E-state index contributed by atoms with van der Waals surface area (Å²) in [6.07, 6.45) is 0.370. The van der Waals surface area contributed by atoms with E-state index in [4.69, 9.17) is 0 Å². The fourth-order valence-electron chi connectivity index (χ4n) is 2.08. The van der Waals surface area contributed by atoms with Gasteiger partial charge in [-0.2, -0.15) is 0 Å². The number of halogens is 4. The van der Waals surface area contributed by atoms with E-state index in [-0.39, 0.29) is 6.04 Å². The van der Waals surface area contributed by atoms with Crippen LogP contribution in [0.25, 0.3) is 0 Å². The summed E-state index contributed by atoms with van der Waals surface area (Å²) in [6, 6.07) is 9.95. The number of rotatable bonds is 4. The summed E-state index contributed by atoms with van der Waals surface area (Å²) in [7, 11) is 1.80. The predicted molar refractivity (Wildman–Crippen MR) is 83.7 cm³/mol. The standard InChI is InChI=1S/C15H13Br2F2N/c1-20-14(11-8-10(16)5-6-12(11)17)7-9-3-2-4-13(18)15(9)19/h2-6,8,14,20H,7H2,1H3. The lowest BCUT2D eigenvalue weighted by Crippen LogP contribution is -2.20. The fourth-order valence-corrected chi connectivity index (χ4v) is 2.98. The van der Waals surface area contributed by atoms with Crippen molar-refractivity contribution in [2.45, 2.75) is 12.5 Å². The van der Waals surface area contributed by atoms with Crippen LogP contribution in [0.1, 0.15) is 17.2 Å². The molecule has 0 saturated carbocycles. The average molecular weight is 405 g/mol. The third-order valence-corrected chi connectivity index (χ3v) is 4.35. The van der Waals surface area contributed by atoms with E-state index in [2.05, 4.69) is 37.2 Å². The molecule has 1 atom stereocenters. The van der Waals surface area contributed by atoms with Crippen molar-refractivity contribution >= 4 is 31.9 Å². The van der Waals surface area contributed by atoms with Crippen LogP contribution < -0.4 is 5.32 Å². The van der Waals surface area contributed by atoms with Gasteiger partial charge in [-0.3, -0.25) is 0 Å². The molecule has 0 amide bonds. The van der Waals surface area contributed by atoms with Gasteiger partial charge in [0.05, 0.1) is 0 Å². The van der Waals surface area contributed by atoms with Gasteiger partial charge in [0.25, 0.3) is 0 Å². The van der Waals surface area contributed by atoms with E-state index in [1.165, 1.54) is 6.07 Å². The minimum Gasteiger partial charge on any atom is -0.313 e. The van der Waals surface area contributed by atoms with E-state index in [9.17, 15) is 8.78 Å². The smallest absolute Gasteiger partial charge is 0.162 e. The molecular formula is C15H13Br2F2N. The van der Waals surface area contributed by atoms with Crippen molar-refractivity contribution in [2.75, 3.05) is 7.05 Å². The Morgan fingerprint density at radius 2 is 1.90 bits per heavy atom. The second-order valence-corrected chi connectivity index (χ2v) is 6.19. The molecular weight excluding hydrogens is 392 g/mol. The van der Waals surface area contributed by atoms with Gasteiger partial charge in [0.2, 0.25) is 0 Å². The molecule has 0 aromatic heterocycles. The summed E-state index contributed by atoms with van der Waals surface area (Å²) in [5.74, 6) is -1.59. The molecule has 0 radical (unpaired) electrons. The monoisotopic (exact) mass is 403 g/mol. The van der Waals surface area contributed by atoms with E-state index in [0.29, 0.717) is 12.0 Å². The average Bonchev–Trinajstić information content (AvgIpc) is 2.43. The molecule has 5 heteroatoms. The summed E-state index contributed by atoms with van der Waals surface area (Å²) in [6.45, 7) is 0. The second kappa shape index (κ2) is 6.78. The molecule has 0 bridgehead atoms. The summed E-state index contributed by atoms with van der Waals surface area (Å²) < 4.78 is 28.9. The molecule has 0 aliphatic heterocycles. The van der Waals surface area contributed by atoms with E-state index in [0.717, 1.165) is 20.6 Å². The van der Waals surface area contributed by atoms with E-state index < -0.39 is 11.6 Å². The van der Waals surface area contributed by atoms with Crippen molar-refractivity contribution in [3.8, 4) is 0 Å². The van der Waals surface area contributed by atoms with Crippen LogP contribution in [0.5, 0.6) is 0 Å². The first kappa shape index (κ1) is 15.6. The number of benzene rings is 2. The number of likely N-dealkylation sites (N-methyl/N-ethyl adjacent to an activating group) is 1. The van der Waals surface area contributed by atoms with E-state index in [1.807, 2.05) is 18.2 Å². The van der Waals surface area contributed by atoms with Crippen molar-refractivity contribution in [3.63, 3.8) is 0 Å². The molecule has 0 saturated heterocycles. The van der Waals surface area contributed by atoms with Gasteiger partial charge in [-0.1, -0.05) is 44.0 Å². The minimum atomic E-state index is -0.814. The zero-order valence-corrected chi connectivity index (χ0v) is 13.9. The van der Waals surface area contributed by atoms with Gasteiger partial charge >= 0.3 is 0 Å². The van der Waals surface area contributed by atoms with Crippen molar-refractivity contribution in [2.24, 2.45) is 0 Å². The van der Waals surface area contributed by atoms with Gasteiger partial charge in [-0.15, -0.1) is 0 Å². The molecule has 0 aliphatic carbocycles. The van der Waals surface area contributed by atoms with Crippen LogP contribution in [0, 0.1) is 11.6 Å². The maximum absolute atomic E-state index is 13.8. The molecule has 1 nitrogen and oxygen atoms in total. The molecule has 20 heavy (non-hydrogen) atoms. The molecule has 1 N–H and O–H groups in total. The SMILES string of the molecule is CNC(Cc1cccc(F)c1F)c1cc(Br)ccc1Br. The van der Waals surface area contributed by atoms with E-state index in [1.54, 1.807) is 13.1 Å². The molecule has 1 unspecified atom stereocenters. The molecule has 0 fully saturated rings. The quantitative estimate of drug-likeness (QED) is 0.756. The summed E-state index contributed by atoms with van der Waals surface area (Å²) >= 11 is 6.91. The first-order chi connectivity index (χ1) is 9.52. The zero-order chi connectivity index (χ0) is 14.7. The van der Waals surface area contributed by atoms with Crippen LogP contribution in [-0.2, 0) is 6.42 Å². The zero-order valence-electron chi connectivity index (χ0n) is 10.8.